The van der Waals surface area contributed by atoms with Crippen LogP contribution in [0.5, 0.6) is 0 Å². The zero-order valence-corrected chi connectivity index (χ0v) is 17.0. The summed E-state index contributed by atoms with van der Waals surface area (Å²) in [6.07, 6.45) is 6.39. The highest BCUT2D eigenvalue weighted by atomic mass is 19.1. The lowest BCUT2D eigenvalue weighted by molar-refractivity contribution is 0.0705. The Morgan fingerprint density at radius 3 is 2.70 bits per heavy atom. The Morgan fingerprint density at radius 1 is 1.37 bits per heavy atom. The van der Waals surface area contributed by atoms with E-state index < -0.39 is 5.91 Å². The first kappa shape index (κ1) is 21.7. The average molecular weight is 414 g/mol. The van der Waals surface area contributed by atoms with Gasteiger partial charge in [0.1, 0.15) is 5.82 Å². The first-order valence-corrected chi connectivity index (χ1v) is 9.88. The Bertz CT molecular complexity index is 868. The molecule has 1 fully saturated rings. The third-order valence-corrected chi connectivity index (χ3v) is 5.38. The molecule has 0 atom stereocenters. The van der Waals surface area contributed by atoms with E-state index in [1.165, 1.54) is 18.5 Å². The van der Waals surface area contributed by atoms with Crippen LogP contribution >= 0.6 is 0 Å². The Labute approximate surface area is 175 Å². The maximum Gasteiger partial charge on any atom is 0.277 e. The smallest absolute Gasteiger partial charge is 0.277 e. The highest BCUT2D eigenvalue weighted by molar-refractivity contribution is 5.92. The summed E-state index contributed by atoms with van der Waals surface area (Å²) in [5, 5.41) is 12.0. The molecule has 9 heteroatoms. The predicted molar refractivity (Wildman–Crippen MR) is 113 cm³/mol. The van der Waals surface area contributed by atoms with Gasteiger partial charge in [-0.2, -0.15) is 0 Å². The number of benzene rings is 1. The first-order valence-electron chi connectivity index (χ1n) is 9.88. The number of halogens is 1. The van der Waals surface area contributed by atoms with Crippen LogP contribution in [0, 0.1) is 11.7 Å². The van der Waals surface area contributed by atoms with Gasteiger partial charge in [0.15, 0.2) is 0 Å². The Hall–Kier alpha value is -3.04. The number of rotatable bonds is 8. The zero-order chi connectivity index (χ0) is 21.5. The van der Waals surface area contributed by atoms with Gasteiger partial charge in [0.25, 0.3) is 5.91 Å². The van der Waals surface area contributed by atoms with E-state index in [-0.39, 0.29) is 11.4 Å². The maximum absolute atomic E-state index is 14.3. The molecule has 0 bridgehead atoms. The van der Waals surface area contributed by atoms with E-state index in [0.29, 0.717) is 24.0 Å². The second kappa shape index (κ2) is 10.1. The van der Waals surface area contributed by atoms with Crippen molar-refractivity contribution in [1.82, 2.24) is 20.8 Å². The minimum absolute atomic E-state index is 0.204. The van der Waals surface area contributed by atoms with Crippen LogP contribution in [0.1, 0.15) is 28.8 Å². The van der Waals surface area contributed by atoms with Crippen molar-refractivity contribution in [2.24, 2.45) is 5.92 Å². The van der Waals surface area contributed by atoms with Gasteiger partial charge in [0.2, 0.25) is 5.95 Å². The monoisotopic (exact) mass is 414 g/mol. The SMILES string of the molecule is C=CN(C)c1cccc(F)c1CNCC1CCN(c2ncc(C(=O)NO)cn2)CC1. The number of carbonyl (C=O) groups is 1. The maximum atomic E-state index is 14.3. The number of amides is 1. The molecule has 1 amide bonds. The number of aromatic nitrogens is 2. The van der Waals surface area contributed by atoms with E-state index in [1.807, 2.05) is 18.0 Å². The van der Waals surface area contributed by atoms with Crippen LogP contribution in [0.3, 0.4) is 0 Å². The van der Waals surface area contributed by atoms with Crippen molar-refractivity contribution >= 4 is 17.5 Å². The van der Waals surface area contributed by atoms with Gasteiger partial charge in [-0.15, -0.1) is 0 Å². The van der Waals surface area contributed by atoms with Crippen molar-refractivity contribution < 1.29 is 14.4 Å². The van der Waals surface area contributed by atoms with Crippen LogP contribution in [0.2, 0.25) is 0 Å². The molecule has 0 radical (unpaired) electrons. The summed E-state index contributed by atoms with van der Waals surface area (Å²) in [6.45, 7) is 6.62. The largest absolute Gasteiger partial charge is 0.351 e. The minimum atomic E-state index is -0.636. The van der Waals surface area contributed by atoms with Gasteiger partial charge in [-0.3, -0.25) is 10.0 Å². The molecule has 30 heavy (non-hydrogen) atoms. The fraction of sp³-hybridized carbons (Fsp3) is 0.381. The third-order valence-electron chi connectivity index (χ3n) is 5.38. The van der Waals surface area contributed by atoms with E-state index in [9.17, 15) is 9.18 Å². The summed E-state index contributed by atoms with van der Waals surface area (Å²) in [6, 6.07) is 5.07. The van der Waals surface area contributed by atoms with Gasteiger partial charge < -0.3 is 15.1 Å². The predicted octanol–water partition coefficient (Wildman–Crippen LogP) is 2.32. The number of hydrogen-bond donors (Lipinski definition) is 3. The second-order valence-electron chi connectivity index (χ2n) is 7.30. The normalized spacial score (nSPS) is 14.4. The molecule has 1 aliphatic rings. The standard InChI is InChI=1S/C21H27FN6O2/c1-3-27(2)19-6-4-5-18(22)17(19)14-23-11-15-7-9-28(10-8-15)21-24-12-16(13-25-21)20(29)26-30/h3-6,12-13,15,23,30H,1,7-11,14H2,2H3,(H,26,29). The fourth-order valence-corrected chi connectivity index (χ4v) is 3.56. The molecule has 0 aliphatic carbocycles. The third kappa shape index (κ3) is 5.11. The van der Waals surface area contributed by atoms with Gasteiger partial charge in [-0.25, -0.2) is 19.8 Å². The first-order chi connectivity index (χ1) is 14.5. The molecule has 160 valence electrons. The van der Waals surface area contributed by atoms with Gasteiger partial charge in [0, 0.05) is 50.3 Å². The quantitative estimate of drug-likeness (QED) is 0.451. The molecule has 1 aliphatic heterocycles. The lowest BCUT2D eigenvalue weighted by atomic mass is 9.97. The zero-order valence-electron chi connectivity index (χ0n) is 17.0. The number of carbonyl (C=O) groups excluding carboxylic acids is 1. The summed E-state index contributed by atoms with van der Waals surface area (Å²) in [4.78, 5) is 23.7. The van der Waals surface area contributed by atoms with E-state index in [1.54, 1.807) is 17.7 Å². The number of hydrogen-bond acceptors (Lipinski definition) is 7. The van der Waals surface area contributed by atoms with Crippen molar-refractivity contribution in [2.45, 2.75) is 19.4 Å². The van der Waals surface area contributed by atoms with Gasteiger partial charge in [-0.1, -0.05) is 12.6 Å². The van der Waals surface area contributed by atoms with Crippen LogP contribution in [-0.4, -0.2) is 47.8 Å². The molecule has 0 spiro atoms. The summed E-state index contributed by atoms with van der Waals surface area (Å²) >= 11 is 0. The Kier molecular flexibility index (Phi) is 7.31. The molecule has 1 saturated heterocycles. The lowest BCUT2D eigenvalue weighted by Crippen LogP contribution is -2.38. The number of anilines is 2. The topological polar surface area (TPSA) is 93.6 Å². The lowest BCUT2D eigenvalue weighted by Gasteiger charge is -2.32. The summed E-state index contributed by atoms with van der Waals surface area (Å²) in [7, 11) is 1.85. The fourth-order valence-electron chi connectivity index (χ4n) is 3.56. The number of nitrogens with one attached hydrogen (secondary N) is 2. The van der Waals surface area contributed by atoms with E-state index >= 15 is 0 Å². The molecular formula is C21H27FN6O2. The highest BCUT2D eigenvalue weighted by Crippen LogP contribution is 2.23. The molecule has 1 aromatic heterocycles. The van der Waals surface area contributed by atoms with Gasteiger partial charge in [-0.05, 0) is 43.6 Å². The molecule has 3 rings (SSSR count). The van der Waals surface area contributed by atoms with Crippen LogP contribution in [-0.2, 0) is 6.54 Å². The molecule has 0 saturated carbocycles. The van der Waals surface area contributed by atoms with E-state index in [0.717, 1.165) is 38.2 Å². The second-order valence-corrected chi connectivity index (χ2v) is 7.30. The molecule has 2 aromatic rings. The molecule has 0 unspecified atom stereocenters. The summed E-state index contributed by atoms with van der Waals surface area (Å²) in [5.41, 5.74) is 3.21. The van der Waals surface area contributed by atoms with Crippen LogP contribution in [0.15, 0.2) is 43.4 Å². The van der Waals surface area contributed by atoms with Crippen molar-refractivity contribution in [2.75, 3.05) is 36.5 Å². The van der Waals surface area contributed by atoms with Crippen molar-refractivity contribution in [3.05, 3.63) is 60.3 Å². The van der Waals surface area contributed by atoms with Crippen LogP contribution in [0.25, 0.3) is 0 Å². The van der Waals surface area contributed by atoms with Crippen LogP contribution < -0.4 is 20.6 Å². The van der Waals surface area contributed by atoms with E-state index in [2.05, 4.69) is 26.8 Å². The van der Waals surface area contributed by atoms with Crippen molar-refractivity contribution in [3.63, 3.8) is 0 Å². The summed E-state index contributed by atoms with van der Waals surface area (Å²) in [5.74, 6) is 0.190. The Morgan fingerprint density at radius 2 is 2.07 bits per heavy atom. The van der Waals surface area contributed by atoms with Gasteiger partial charge in [0.05, 0.1) is 5.56 Å². The number of nitrogens with zero attached hydrogens (tertiary/aromatic N) is 4. The minimum Gasteiger partial charge on any atom is -0.351 e. The molecular weight excluding hydrogens is 387 g/mol. The summed E-state index contributed by atoms with van der Waals surface area (Å²) < 4.78 is 14.3. The highest BCUT2D eigenvalue weighted by Gasteiger charge is 2.21. The number of piperidine rings is 1. The van der Waals surface area contributed by atoms with Crippen LogP contribution in [0.4, 0.5) is 16.0 Å². The van der Waals surface area contributed by atoms with E-state index in [4.69, 9.17) is 5.21 Å². The molecule has 3 N–H and O–H groups in total. The van der Waals surface area contributed by atoms with Crippen molar-refractivity contribution in [3.8, 4) is 0 Å². The van der Waals surface area contributed by atoms with Gasteiger partial charge >= 0.3 is 0 Å². The Balaban J connectivity index is 1.49. The molecule has 8 nitrogen and oxygen atoms in total. The number of hydroxylamine groups is 1. The van der Waals surface area contributed by atoms with Crippen molar-refractivity contribution in [1.29, 1.82) is 0 Å². The molecule has 1 aromatic carbocycles. The average Bonchev–Trinajstić information content (AvgIpc) is 2.79. The molecule has 2 heterocycles.